The molecule has 0 saturated heterocycles. The third-order valence-electron chi connectivity index (χ3n) is 6.96. The molecule has 1 unspecified atom stereocenters. The number of carbonyl (C=O) groups excluding carboxylic acids is 2. The molecule has 2 amide bonds. The van der Waals surface area contributed by atoms with E-state index in [4.69, 9.17) is 9.47 Å². The first-order chi connectivity index (χ1) is 17.9. The fraction of sp³-hybridized carbons (Fsp3) is 0.400. The molecule has 7 nitrogen and oxygen atoms in total. The Bertz CT molecular complexity index is 1250. The maximum absolute atomic E-state index is 14.2. The largest absolute Gasteiger partial charge is 0.497 e. The van der Waals surface area contributed by atoms with Crippen LogP contribution in [0, 0.1) is 0 Å². The molecule has 1 aromatic heterocycles. The third-order valence-corrected chi connectivity index (χ3v) is 6.96. The van der Waals surface area contributed by atoms with Gasteiger partial charge in [0, 0.05) is 24.2 Å². The predicted octanol–water partition coefficient (Wildman–Crippen LogP) is 5.75. The Morgan fingerprint density at radius 2 is 1.73 bits per heavy atom. The number of rotatable bonds is 10. The van der Waals surface area contributed by atoms with Gasteiger partial charge in [0.25, 0.3) is 0 Å². The van der Waals surface area contributed by atoms with Crippen molar-refractivity contribution in [1.82, 2.24) is 9.47 Å². The molecule has 0 spiro atoms. The summed E-state index contributed by atoms with van der Waals surface area (Å²) < 4.78 is 13.4. The first kappa shape index (κ1) is 26.3. The Balaban J connectivity index is 1.80. The highest BCUT2D eigenvalue weighted by Crippen LogP contribution is 2.45. The summed E-state index contributed by atoms with van der Waals surface area (Å²) in [6.45, 7) is 6.04. The van der Waals surface area contributed by atoms with Crippen LogP contribution in [0.5, 0.6) is 11.5 Å². The van der Waals surface area contributed by atoms with Crippen LogP contribution in [-0.2, 0) is 9.59 Å². The fourth-order valence-electron chi connectivity index (χ4n) is 5.06. The molecule has 3 aromatic rings. The second kappa shape index (κ2) is 11.5. The van der Waals surface area contributed by atoms with Crippen molar-refractivity contribution in [3.8, 4) is 17.2 Å². The molecule has 0 N–H and O–H groups in total. The number of nitrogens with zero attached hydrogens (tertiary/aromatic N) is 3. The molecule has 1 aliphatic rings. The highest BCUT2D eigenvalue weighted by atomic mass is 16.5. The van der Waals surface area contributed by atoms with Crippen LogP contribution in [0.15, 0.2) is 60.8 Å². The summed E-state index contributed by atoms with van der Waals surface area (Å²) in [6, 6.07) is 16.9. The van der Waals surface area contributed by atoms with Gasteiger partial charge in [0.1, 0.15) is 24.1 Å². The van der Waals surface area contributed by atoms with Gasteiger partial charge in [-0.2, -0.15) is 0 Å². The lowest BCUT2D eigenvalue weighted by molar-refractivity contribution is -0.137. The summed E-state index contributed by atoms with van der Waals surface area (Å²) in [5, 5.41) is 0. The minimum absolute atomic E-state index is 0.000448. The Labute approximate surface area is 219 Å². The zero-order chi connectivity index (χ0) is 26.5. The number of anilines is 1. The maximum atomic E-state index is 14.2. The van der Waals surface area contributed by atoms with Crippen LogP contribution in [0.4, 0.5) is 5.69 Å². The fourth-order valence-corrected chi connectivity index (χ4v) is 5.06. The summed E-state index contributed by atoms with van der Waals surface area (Å²) in [5.41, 5.74) is 3.45. The van der Waals surface area contributed by atoms with E-state index in [0.717, 1.165) is 41.9 Å². The van der Waals surface area contributed by atoms with Crippen LogP contribution in [0.25, 0.3) is 5.69 Å². The number of hydrogen-bond acceptors (Lipinski definition) is 4. The molecule has 2 heterocycles. The van der Waals surface area contributed by atoms with E-state index < -0.39 is 6.04 Å². The molecule has 0 bridgehead atoms. The smallest absolute Gasteiger partial charge is 0.247 e. The topological polar surface area (TPSA) is 64.0 Å². The molecule has 0 radical (unpaired) electrons. The molecule has 37 heavy (non-hydrogen) atoms. The van der Waals surface area contributed by atoms with E-state index in [2.05, 4.69) is 11.5 Å². The van der Waals surface area contributed by atoms with Crippen LogP contribution in [-0.4, -0.2) is 48.1 Å². The lowest BCUT2D eigenvalue weighted by Gasteiger charge is -2.40. The number of aromatic nitrogens is 1. The van der Waals surface area contributed by atoms with E-state index in [0.29, 0.717) is 17.9 Å². The summed E-state index contributed by atoms with van der Waals surface area (Å²) >= 11 is 0. The number of fused-ring (bicyclic) bond motifs is 3. The quantitative estimate of drug-likeness (QED) is 0.331. The number of benzene rings is 2. The van der Waals surface area contributed by atoms with Gasteiger partial charge >= 0.3 is 0 Å². The Morgan fingerprint density at radius 3 is 2.41 bits per heavy atom. The van der Waals surface area contributed by atoms with Gasteiger partial charge in [-0.05, 0) is 62.7 Å². The normalized spacial score (nSPS) is 14.2. The highest BCUT2D eigenvalue weighted by molar-refractivity contribution is 6.00. The number of amides is 2. The highest BCUT2D eigenvalue weighted by Gasteiger charge is 2.38. The van der Waals surface area contributed by atoms with Gasteiger partial charge in [-0.25, -0.2) is 0 Å². The van der Waals surface area contributed by atoms with E-state index >= 15 is 0 Å². The van der Waals surface area contributed by atoms with Crippen molar-refractivity contribution in [3.63, 3.8) is 0 Å². The molecular weight excluding hydrogens is 466 g/mol. The second-order valence-electron chi connectivity index (χ2n) is 9.64. The van der Waals surface area contributed by atoms with E-state index in [9.17, 15) is 9.59 Å². The molecule has 7 heteroatoms. The predicted molar refractivity (Wildman–Crippen MR) is 146 cm³/mol. The number of ether oxygens (including phenoxy) is 2. The number of carbonyl (C=O) groups is 2. The maximum Gasteiger partial charge on any atom is 0.247 e. The SMILES string of the molecule is CCCCCC(=O)N(CC(=O)N1c2ccccc2-n2cccc2C1c1cc(OC)ccc1OC)C(C)C. The standard InChI is InChI=1S/C30H37N3O4/c1-6-7-8-15-28(34)32(21(2)3)20-29(35)33-25-13-10-9-12-24(25)31-18-11-14-26(31)30(33)23-19-22(36-4)16-17-27(23)37-5/h9-14,16-19,21,30H,6-8,15,20H2,1-5H3. The van der Waals surface area contributed by atoms with Gasteiger partial charge in [-0.3, -0.25) is 14.5 Å². The Morgan fingerprint density at radius 1 is 0.973 bits per heavy atom. The summed E-state index contributed by atoms with van der Waals surface area (Å²) in [6.07, 6.45) is 5.33. The molecule has 1 aliphatic heterocycles. The van der Waals surface area contributed by atoms with E-state index in [1.54, 1.807) is 19.1 Å². The summed E-state index contributed by atoms with van der Waals surface area (Å²) in [4.78, 5) is 30.9. The molecule has 4 rings (SSSR count). The van der Waals surface area contributed by atoms with Gasteiger partial charge in [0.2, 0.25) is 11.8 Å². The molecule has 1 atom stereocenters. The number of methoxy groups -OCH3 is 2. The van der Waals surface area contributed by atoms with E-state index in [1.165, 1.54) is 0 Å². The lowest BCUT2D eigenvalue weighted by atomic mass is 9.96. The zero-order valence-corrected chi connectivity index (χ0v) is 22.4. The van der Waals surface area contributed by atoms with Crippen LogP contribution in [0.1, 0.15) is 63.8 Å². The molecule has 196 valence electrons. The first-order valence-corrected chi connectivity index (χ1v) is 13.0. The van der Waals surface area contributed by atoms with Crippen molar-refractivity contribution in [1.29, 1.82) is 0 Å². The summed E-state index contributed by atoms with van der Waals surface area (Å²) in [5.74, 6) is 1.20. The van der Waals surface area contributed by atoms with Crippen molar-refractivity contribution >= 4 is 17.5 Å². The number of para-hydroxylation sites is 2. The number of hydrogen-bond donors (Lipinski definition) is 0. The third kappa shape index (κ3) is 5.22. The Kier molecular flexibility index (Phi) is 8.21. The van der Waals surface area contributed by atoms with Gasteiger partial charge in [0.15, 0.2) is 0 Å². The van der Waals surface area contributed by atoms with Crippen molar-refractivity contribution in [2.45, 2.75) is 58.5 Å². The monoisotopic (exact) mass is 503 g/mol. The minimum atomic E-state index is -0.466. The van der Waals surface area contributed by atoms with Crippen LogP contribution < -0.4 is 14.4 Å². The number of unbranched alkanes of at least 4 members (excludes halogenated alkanes) is 2. The second-order valence-corrected chi connectivity index (χ2v) is 9.64. The van der Waals surface area contributed by atoms with Gasteiger partial charge in [-0.15, -0.1) is 0 Å². The van der Waals surface area contributed by atoms with Crippen LogP contribution in [0.3, 0.4) is 0 Å². The Hall–Kier alpha value is -3.74. The van der Waals surface area contributed by atoms with Crippen molar-refractivity contribution in [3.05, 3.63) is 72.1 Å². The van der Waals surface area contributed by atoms with Gasteiger partial charge in [-0.1, -0.05) is 31.9 Å². The van der Waals surface area contributed by atoms with Crippen molar-refractivity contribution in [2.75, 3.05) is 25.7 Å². The average Bonchev–Trinajstić information content (AvgIpc) is 3.40. The van der Waals surface area contributed by atoms with E-state index in [1.807, 2.05) is 79.5 Å². The minimum Gasteiger partial charge on any atom is -0.497 e. The van der Waals surface area contributed by atoms with Crippen LogP contribution in [0.2, 0.25) is 0 Å². The summed E-state index contributed by atoms with van der Waals surface area (Å²) in [7, 11) is 3.25. The van der Waals surface area contributed by atoms with Gasteiger partial charge < -0.3 is 18.9 Å². The van der Waals surface area contributed by atoms with Crippen molar-refractivity contribution < 1.29 is 19.1 Å². The first-order valence-electron chi connectivity index (χ1n) is 13.0. The molecule has 0 fully saturated rings. The average molecular weight is 504 g/mol. The van der Waals surface area contributed by atoms with Gasteiger partial charge in [0.05, 0.1) is 31.3 Å². The molecule has 0 aliphatic carbocycles. The lowest BCUT2D eigenvalue weighted by Crippen LogP contribution is -2.48. The van der Waals surface area contributed by atoms with Crippen molar-refractivity contribution in [2.24, 2.45) is 0 Å². The molecule has 0 saturated carbocycles. The molecule has 2 aromatic carbocycles. The molecular formula is C30H37N3O4. The van der Waals surface area contributed by atoms with E-state index in [-0.39, 0.29) is 24.4 Å². The van der Waals surface area contributed by atoms with Crippen LogP contribution >= 0.6 is 0 Å². The zero-order valence-electron chi connectivity index (χ0n) is 22.4.